The summed E-state index contributed by atoms with van der Waals surface area (Å²) in [5.74, 6) is -0.0777. The fraction of sp³-hybridized carbons (Fsp3) is 0.125. The minimum atomic E-state index is -0.258. The molecule has 6 heteroatoms. The molecule has 5 nitrogen and oxygen atoms in total. The zero-order chi connectivity index (χ0) is 15.5. The van der Waals surface area contributed by atoms with Gasteiger partial charge in [0.25, 0.3) is 0 Å². The van der Waals surface area contributed by atoms with Crippen LogP contribution >= 0.6 is 11.8 Å². The molecule has 1 aromatic heterocycles. The van der Waals surface area contributed by atoms with E-state index in [9.17, 15) is 9.59 Å². The highest BCUT2D eigenvalue weighted by molar-refractivity contribution is 8.00. The summed E-state index contributed by atoms with van der Waals surface area (Å²) in [6.45, 7) is 1.86. The number of hydrogen-bond acceptors (Lipinski definition) is 3. The van der Waals surface area contributed by atoms with Crippen molar-refractivity contribution < 1.29 is 4.79 Å². The van der Waals surface area contributed by atoms with Crippen molar-refractivity contribution in [1.29, 1.82) is 0 Å². The Morgan fingerprint density at radius 3 is 2.59 bits per heavy atom. The fourth-order valence-corrected chi connectivity index (χ4v) is 3.00. The minimum absolute atomic E-state index is 0.0777. The molecule has 0 saturated carbocycles. The molecule has 3 aromatic rings. The maximum absolute atomic E-state index is 12.2. The van der Waals surface area contributed by atoms with Gasteiger partial charge in [0.1, 0.15) is 0 Å². The van der Waals surface area contributed by atoms with E-state index >= 15 is 0 Å². The summed E-state index contributed by atoms with van der Waals surface area (Å²) in [7, 11) is 0. The number of imidazole rings is 1. The summed E-state index contributed by atoms with van der Waals surface area (Å²) in [6.07, 6.45) is 0. The Hall–Kier alpha value is -2.47. The quantitative estimate of drug-likeness (QED) is 0.648. The fourth-order valence-electron chi connectivity index (χ4n) is 2.11. The highest BCUT2D eigenvalue weighted by atomic mass is 32.2. The van der Waals surface area contributed by atoms with Crippen molar-refractivity contribution in [3.05, 3.63) is 59.0 Å². The lowest BCUT2D eigenvalue weighted by Gasteiger charge is -2.12. The molecule has 0 bridgehead atoms. The molecule has 112 valence electrons. The average molecular weight is 313 g/mol. The van der Waals surface area contributed by atoms with Gasteiger partial charge in [-0.3, -0.25) is 4.79 Å². The number of carbonyl (C=O) groups excluding carboxylic acids is 1. The number of H-pyrrole nitrogens is 2. The first-order chi connectivity index (χ1) is 10.6. The van der Waals surface area contributed by atoms with Crippen LogP contribution in [0.1, 0.15) is 6.92 Å². The number of carbonyl (C=O) groups is 1. The summed E-state index contributed by atoms with van der Waals surface area (Å²) in [6, 6.07) is 15.1. The Morgan fingerprint density at radius 1 is 1.09 bits per heavy atom. The van der Waals surface area contributed by atoms with Crippen LogP contribution < -0.4 is 11.0 Å². The van der Waals surface area contributed by atoms with Crippen molar-refractivity contribution >= 4 is 34.4 Å². The van der Waals surface area contributed by atoms with E-state index in [1.165, 1.54) is 11.8 Å². The van der Waals surface area contributed by atoms with Crippen molar-refractivity contribution in [2.24, 2.45) is 0 Å². The molecule has 0 aliphatic rings. The summed E-state index contributed by atoms with van der Waals surface area (Å²) >= 11 is 1.50. The van der Waals surface area contributed by atoms with Crippen molar-refractivity contribution in [1.82, 2.24) is 9.97 Å². The topological polar surface area (TPSA) is 77.8 Å². The lowest BCUT2D eigenvalue weighted by molar-refractivity contribution is -0.115. The van der Waals surface area contributed by atoms with E-state index in [1.807, 2.05) is 37.3 Å². The summed E-state index contributed by atoms with van der Waals surface area (Å²) in [5, 5.41) is 2.65. The number of aromatic amines is 2. The lowest BCUT2D eigenvalue weighted by atomic mass is 10.2. The van der Waals surface area contributed by atoms with Crippen LogP contribution in [-0.4, -0.2) is 21.1 Å². The number of rotatable bonds is 4. The van der Waals surface area contributed by atoms with Crippen LogP contribution in [0.2, 0.25) is 0 Å². The van der Waals surface area contributed by atoms with Gasteiger partial charge < -0.3 is 15.3 Å². The van der Waals surface area contributed by atoms with Crippen LogP contribution in [0.15, 0.2) is 58.2 Å². The Bertz CT molecular complexity index is 854. The van der Waals surface area contributed by atoms with Crippen molar-refractivity contribution in [3.8, 4) is 0 Å². The molecule has 0 spiro atoms. The zero-order valence-electron chi connectivity index (χ0n) is 11.9. The average Bonchev–Trinajstić information content (AvgIpc) is 2.87. The second-order valence-electron chi connectivity index (χ2n) is 4.90. The second kappa shape index (κ2) is 6.11. The maximum Gasteiger partial charge on any atom is 0.323 e. The highest BCUT2D eigenvalue weighted by Crippen LogP contribution is 2.24. The van der Waals surface area contributed by atoms with Gasteiger partial charge in [-0.2, -0.15) is 0 Å². The van der Waals surface area contributed by atoms with E-state index in [4.69, 9.17) is 0 Å². The predicted molar refractivity (Wildman–Crippen MR) is 89.3 cm³/mol. The van der Waals surface area contributed by atoms with Crippen molar-refractivity contribution in [3.63, 3.8) is 0 Å². The van der Waals surface area contributed by atoms with Crippen LogP contribution in [0.25, 0.3) is 11.0 Å². The number of fused-ring (bicyclic) bond motifs is 1. The molecule has 0 aliphatic carbocycles. The number of nitrogens with one attached hydrogen (secondary N) is 3. The van der Waals surface area contributed by atoms with E-state index in [0.717, 1.165) is 10.4 Å². The molecule has 2 aromatic carbocycles. The van der Waals surface area contributed by atoms with Crippen LogP contribution in [0.3, 0.4) is 0 Å². The summed E-state index contributed by atoms with van der Waals surface area (Å²) < 4.78 is 0. The SMILES string of the molecule is C[C@H](Sc1ccccc1)C(=O)Nc1ccc2[nH]c(=O)[nH]c2c1. The molecule has 0 aliphatic heterocycles. The van der Waals surface area contributed by atoms with E-state index in [2.05, 4.69) is 15.3 Å². The number of thioether (sulfide) groups is 1. The molecule has 0 radical (unpaired) electrons. The van der Waals surface area contributed by atoms with Crippen molar-refractivity contribution in [2.45, 2.75) is 17.1 Å². The van der Waals surface area contributed by atoms with Gasteiger partial charge in [0, 0.05) is 10.6 Å². The molecule has 1 atom stereocenters. The lowest BCUT2D eigenvalue weighted by Crippen LogP contribution is -2.22. The third-order valence-electron chi connectivity index (χ3n) is 3.21. The monoisotopic (exact) mass is 313 g/mol. The molecule has 1 amide bonds. The largest absolute Gasteiger partial charge is 0.325 e. The Balaban J connectivity index is 1.70. The van der Waals surface area contributed by atoms with Gasteiger partial charge in [-0.15, -0.1) is 11.8 Å². The van der Waals surface area contributed by atoms with Crippen LogP contribution in [0.5, 0.6) is 0 Å². The van der Waals surface area contributed by atoms with E-state index in [1.54, 1.807) is 18.2 Å². The molecule has 1 heterocycles. The van der Waals surface area contributed by atoms with Gasteiger partial charge in [0.2, 0.25) is 5.91 Å². The summed E-state index contributed by atoms with van der Waals surface area (Å²) in [5.41, 5.74) is 1.79. The Kier molecular flexibility index (Phi) is 4.02. The third-order valence-corrected chi connectivity index (χ3v) is 4.32. The molecular formula is C16H15N3O2S. The smallest absolute Gasteiger partial charge is 0.323 e. The predicted octanol–water partition coefficient (Wildman–Crippen LogP) is 2.98. The number of anilines is 1. The van der Waals surface area contributed by atoms with E-state index in [-0.39, 0.29) is 16.8 Å². The highest BCUT2D eigenvalue weighted by Gasteiger charge is 2.14. The van der Waals surface area contributed by atoms with Gasteiger partial charge >= 0.3 is 5.69 Å². The molecular weight excluding hydrogens is 298 g/mol. The molecule has 3 rings (SSSR count). The van der Waals surface area contributed by atoms with Crippen LogP contribution in [0, 0.1) is 0 Å². The third kappa shape index (κ3) is 3.23. The van der Waals surface area contributed by atoms with Gasteiger partial charge in [-0.25, -0.2) is 4.79 Å². The van der Waals surface area contributed by atoms with Crippen LogP contribution in [0.4, 0.5) is 5.69 Å². The molecule has 0 fully saturated rings. The van der Waals surface area contributed by atoms with E-state index in [0.29, 0.717) is 11.2 Å². The van der Waals surface area contributed by atoms with Gasteiger partial charge in [0.15, 0.2) is 0 Å². The molecule has 22 heavy (non-hydrogen) atoms. The molecule has 0 unspecified atom stereocenters. The van der Waals surface area contributed by atoms with Crippen LogP contribution in [-0.2, 0) is 4.79 Å². The normalized spacial score (nSPS) is 12.2. The first-order valence-corrected chi connectivity index (χ1v) is 7.74. The maximum atomic E-state index is 12.2. The minimum Gasteiger partial charge on any atom is -0.325 e. The summed E-state index contributed by atoms with van der Waals surface area (Å²) in [4.78, 5) is 29.9. The zero-order valence-corrected chi connectivity index (χ0v) is 12.7. The van der Waals surface area contributed by atoms with E-state index < -0.39 is 0 Å². The van der Waals surface area contributed by atoms with Gasteiger partial charge in [-0.05, 0) is 37.3 Å². The number of benzene rings is 2. The number of amides is 1. The molecule has 0 saturated heterocycles. The van der Waals surface area contributed by atoms with Gasteiger partial charge in [-0.1, -0.05) is 18.2 Å². The second-order valence-corrected chi connectivity index (χ2v) is 6.32. The Labute approximate surface area is 131 Å². The van der Waals surface area contributed by atoms with Crippen molar-refractivity contribution in [2.75, 3.05) is 5.32 Å². The molecule has 3 N–H and O–H groups in total. The number of aromatic nitrogens is 2. The first kappa shape index (κ1) is 14.5. The van der Waals surface area contributed by atoms with Gasteiger partial charge in [0.05, 0.1) is 16.3 Å². The first-order valence-electron chi connectivity index (χ1n) is 6.86. The standard InChI is InChI=1S/C16H15N3O2S/c1-10(22-12-5-3-2-4-6-12)15(20)17-11-7-8-13-14(9-11)19-16(21)18-13/h2-10H,1H3,(H,17,20)(H2,18,19,21)/t10-/m0/s1. The number of hydrogen-bond donors (Lipinski definition) is 3. The Morgan fingerprint density at radius 2 is 1.82 bits per heavy atom.